The smallest absolute Gasteiger partial charge is 0.127 e. The Morgan fingerprint density at radius 1 is 0.875 bits per heavy atom. The Kier molecular flexibility index (Phi) is 3.99. The molecule has 1 aliphatic carbocycles. The number of hydrogen-bond donors (Lipinski definition) is 0. The number of nitrogens with zero attached hydrogens (tertiary/aromatic N) is 1. The van der Waals surface area contributed by atoms with E-state index in [1.165, 1.54) is 27.5 Å². The molecule has 0 saturated heterocycles. The lowest BCUT2D eigenvalue weighted by atomic mass is 9.85. The van der Waals surface area contributed by atoms with Crippen molar-refractivity contribution in [2.24, 2.45) is 0 Å². The Bertz CT molecular complexity index is 842. The molecule has 3 aromatic carbocycles. The quantitative estimate of drug-likeness (QED) is 0.705. The molecule has 122 valence electrons. The standard InChI is InChI=1S/C22H23NO/c1-23(2)19-13-17-9-6-10-20-21(12-11-18(14-19)22(17)20)24-15-16-7-4-3-5-8-16/h3-12,19H,13-15H2,1-2H3. The van der Waals surface area contributed by atoms with Crippen LogP contribution in [-0.2, 0) is 19.4 Å². The highest BCUT2D eigenvalue weighted by atomic mass is 16.5. The third kappa shape index (κ3) is 2.78. The first-order chi connectivity index (χ1) is 11.7. The number of benzene rings is 3. The van der Waals surface area contributed by atoms with Gasteiger partial charge in [-0.2, -0.15) is 0 Å². The SMILES string of the molecule is CN(C)C1Cc2cccc3c(OCc4ccccc4)ccc(c23)C1. The Balaban J connectivity index is 1.68. The van der Waals surface area contributed by atoms with Gasteiger partial charge in [-0.15, -0.1) is 0 Å². The van der Waals surface area contributed by atoms with Crippen molar-refractivity contribution >= 4 is 10.8 Å². The lowest BCUT2D eigenvalue weighted by Crippen LogP contribution is -2.34. The summed E-state index contributed by atoms with van der Waals surface area (Å²) >= 11 is 0. The van der Waals surface area contributed by atoms with Crippen LogP contribution in [0.2, 0.25) is 0 Å². The van der Waals surface area contributed by atoms with Gasteiger partial charge in [-0.25, -0.2) is 0 Å². The minimum absolute atomic E-state index is 0.583. The number of likely N-dealkylation sites (N-methyl/N-ethyl adjacent to an activating group) is 1. The van der Waals surface area contributed by atoms with Crippen molar-refractivity contribution in [3.8, 4) is 5.75 Å². The summed E-state index contributed by atoms with van der Waals surface area (Å²) in [5.41, 5.74) is 4.08. The maximum Gasteiger partial charge on any atom is 0.127 e. The molecule has 0 saturated carbocycles. The van der Waals surface area contributed by atoms with Crippen molar-refractivity contribution in [1.29, 1.82) is 0 Å². The van der Waals surface area contributed by atoms with E-state index in [-0.39, 0.29) is 0 Å². The Morgan fingerprint density at radius 2 is 1.62 bits per heavy atom. The van der Waals surface area contributed by atoms with Crippen molar-refractivity contribution in [1.82, 2.24) is 4.90 Å². The van der Waals surface area contributed by atoms with E-state index >= 15 is 0 Å². The van der Waals surface area contributed by atoms with Gasteiger partial charge in [-0.1, -0.05) is 54.6 Å². The van der Waals surface area contributed by atoms with Crippen LogP contribution in [0.4, 0.5) is 0 Å². The van der Waals surface area contributed by atoms with Crippen molar-refractivity contribution < 1.29 is 4.74 Å². The van der Waals surface area contributed by atoms with Crippen LogP contribution in [0, 0.1) is 0 Å². The molecule has 1 atom stereocenters. The normalized spacial score (nSPS) is 16.5. The van der Waals surface area contributed by atoms with E-state index in [4.69, 9.17) is 4.74 Å². The maximum absolute atomic E-state index is 6.15. The van der Waals surface area contributed by atoms with E-state index < -0.39 is 0 Å². The predicted molar refractivity (Wildman–Crippen MR) is 99.6 cm³/mol. The summed E-state index contributed by atoms with van der Waals surface area (Å²) in [6.07, 6.45) is 2.22. The molecule has 1 unspecified atom stereocenters. The lowest BCUT2D eigenvalue weighted by Gasteiger charge is -2.30. The van der Waals surface area contributed by atoms with Gasteiger partial charge in [-0.3, -0.25) is 0 Å². The Hall–Kier alpha value is -2.32. The highest BCUT2D eigenvalue weighted by Crippen LogP contribution is 2.36. The van der Waals surface area contributed by atoms with Gasteiger partial charge in [0.2, 0.25) is 0 Å². The minimum atomic E-state index is 0.583. The third-order valence-electron chi connectivity index (χ3n) is 5.05. The second-order valence-electron chi connectivity index (χ2n) is 6.86. The van der Waals surface area contributed by atoms with E-state index in [1.807, 2.05) is 6.07 Å². The fraction of sp³-hybridized carbons (Fsp3) is 0.273. The molecular weight excluding hydrogens is 294 g/mol. The van der Waals surface area contributed by atoms with Gasteiger partial charge >= 0.3 is 0 Å². The van der Waals surface area contributed by atoms with Gasteiger partial charge in [0.15, 0.2) is 0 Å². The minimum Gasteiger partial charge on any atom is -0.488 e. The lowest BCUT2D eigenvalue weighted by molar-refractivity contribution is 0.287. The monoisotopic (exact) mass is 317 g/mol. The van der Waals surface area contributed by atoms with Crippen LogP contribution in [0.15, 0.2) is 60.7 Å². The third-order valence-corrected chi connectivity index (χ3v) is 5.05. The predicted octanol–water partition coefficient (Wildman–Crippen LogP) is 4.45. The fourth-order valence-electron chi connectivity index (χ4n) is 3.68. The number of hydrogen-bond acceptors (Lipinski definition) is 2. The first-order valence-corrected chi connectivity index (χ1v) is 8.59. The average Bonchev–Trinajstić information content (AvgIpc) is 2.62. The van der Waals surface area contributed by atoms with Crippen LogP contribution in [0.25, 0.3) is 10.8 Å². The largest absolute Gasteiger partial charge is 0.488 e. The molecule has 1 aliphatic rings. The first-order valence-electron chi connectivity index (χ1n) is 8.59. The van der Waals surface area contributed by atoms with Gasteiger partial charge in [0.25, 0.3) is 0 Å². The number of ether oxygens (including phenoxy) is 1. The van der Waals surface area contributed by atoms with Crippen molar-refractivity contribution in [2.75, 3.05) is 14.1 Å². The van der Waals surface area contributed by atoms with Crippen LogP contribution in [0.1, 0.15) is 16.7 Å². The summed E-state index contributed by atoms with van der Waals surface area (Å²) in [6.45, 7) is 0.611. The summed E-state index contributed by atoms with van der Waals surface area (Å²) in [6, 6.07) is 21.9. The highest BCUT2D eigenvalue weighted by Gasteiger charge is 2.23. The molecule has 0 N–H and O–H groups in total. The summed E-state index contributed by atoms with van der Waals surface area (Å²) in [4.78, 5) is 2.33. The van der Waals surface area contributed by atoms with E-state index in [1.54, 1.807) is 0 Å². The van der Waals surface area contributed by atoms with Gasteiger partial charge in [-0.05, 0) is 55.1 Å². The molecule has 0 heterocycles. The molecule has 0 aromatic heterocycles. The zero-order chi connectivity index (χ0) is 16.5. The van der Waals surface area contributed by atoms with E-state index in [2.05, 4.69) is 73.6 Å². The molecule has 0 fully saturated rings. The summed E-state index contributed by atoms with van der Waals surface area (Å²) in [5.74, 6) is 0.989. The molecule has 2 nitrogen and oxygen atoms in total. The van der Waals surface area contributed by atoms with Crippen LogP contribution < -0.4 is 4.74 Å². The van der Waals surface area contributed by atoms with Crippen LogP contribution in [-0.4, -0.2) is 25.0 Å². The van der Waals surface area contributed by atoms with E-state index in [9.17, 15) is 0 Å². The second-order valence-corrected chi connectivity index (χ2v) is 6.86. The molecule has 0 radical (unpaired) electrons. The average molecular weight is 317 g/mol. The van der Waals surface area contributed by atoms with Gasteiger partial charge in [0, 0.05) is 11.4 Å². The van der Waals surface area contributed by atoms with Crippen molar-refractivity contribution in [3.05, 3.63) is 77.4 Å². The zero-order valence-electron chi connectivity index (χ0n) is 14.3. The molecule has 0 aliphatic heterocycles. The summed E-state index contributed by atoms with van der Waals surface area (Å²) in [7, 11) is 4.35. The first kappa shape index (κ1) is 15.2. The molecule has 0 spiro atoms. The van der Waals surface area contributed by atoms with Crippen LogP contribution in [0.3, 0.4) is 0 Å². The molecule has 24 heavy (non-hydrogen) atoms. The van der Waals surface area contributed by atoms with E-state index in [0.717, 1.165) is 18.6 Å². The molecule has 0 amide bonds. The fourth-order valence-corrected chi connectivity index (χ4v) is 3.68. The van der Waals surface area contributed by atoms with Gasteiger partial charge in [0.05, 0.1) is 0 Å². The molecule has 2 heteroatoms. The van der Waals surface area contributed by atoms with Crippen LogP contribution >= 0.6 is 0 Å². The van der Waals surface area contributed by atoms with E-state index in [0.29, 0.717) is 12.6 Å². The van der Waals surface area contributed by atoms with Gasteiger partial charge in [0.1, 0.15) is 12.4 Å². The zero-order valence-corrected chi connectivity index (χ0v) is 14.3. The maximum atomic E-state index is 6.15. The Morgan fingerprint density at radius 3 is 2.38 bits per heavy atom. The van der Waals surface area contributed by atoms with Gasteiger partial charge < -0.3 is 9.64 Å². The molecule has 4 rings (SSSR count). The summed E-state index contributed by atoms with van der Waals surface area (Å²) < 4.78 is 6.15. The van der Waals surface area contributed by atoms with Crippen molar-refractivity contribution in [3.63, 3.8) is 0 Å². The Labute approximate surface area is 143 Å². The van der Waals surface area contributed by atoms with Crippen LogP contribution in [0.5, 0.6) is 5.75 Å². The molecular formula is C22H23NO. The van der Waals surface area contributed by atoms with Crippen molar-refractivity contribution in [2.45, 2.75) is 25.5 Å². The molecule has 3 aromatic rings. The summed E-state index contributed by atoms with van der Waals surface area (Å²) in [5, 5.41) is 2.65. The second kappa shape index (κ2) is 6.29. The molecule has 0 bridgehead atoms. The number of rotatable bonds is 4. The highest BCUT2D eigenvalue weighted by molar-refractivity contribution is 5.94. The topological polar surface area (TPSA) is 12.5 Å².